The number of sulfonamides is 1. The number of carbonyl (C=O) groups is 1. The van der Waals surface area contributed by atoms with E-state index in [0.717, 1.165) is 5.56 Å². The van der Waals surface area contributed by atoms with Crippen LogP contribution in [0.5, 0.6) is 5.75 Å². The number of anilines is 1. The minimum Gasteiger partial charge on any atom is -0.492 e. The highest BCUT2D eigenvalue weighted by atomic mass is 35.5. The summed E-state index contributed by atoms with van der Waals surface area (Å²) in [7, 11) is -4.06. The van der Waals surface area contributed by atoms with Crippen LogP contribution in [0.3, 0.4) is 0 Å². The molecule has 1 amide bonds. The molecule has 0 radical (unpaired) electrons. The summed E-state index contributed by atoms with van der Waals surface area (Å²) in [6, 6.07) is 18.8. The number of hydrogen-bond donors (Lipinski definition) is 2. The summed E-state index contributed by atoms with van der Waals surface area (Å²) in [6.45, 7) is 2.20. The largest absolute Gasteiger partial charge is 0.492 e. The number of nitrogens with one attached hydrogen (secondary N) is 2. The van der Waals surface area contributed by atoms with Crippen LogP contribution in [-0.4, -0.2) is 27.0 Å². The average Bonchev–Trinajstić information content (AvgIpc) is 2.75. The van der Waals surface area contributed by atoms with Crippen molar-refractivity contribution in [3.63, 3.8) is 0 Å². The van der Waals surface area contributed by atoms with Crippen LogP contribution in [-0.2, 0) is 21.2 Å². The maximum Gasteiger partial charge on any atom is 0.242 e. The molecule has 168 valence electrons. The van der Waals surface area contributed by atoms with Crippen LogP contribution in [0, 0.1) is 0 Å². The Morgan fingerprint density at radius 1 is 1.00 bits per heavy atom. The quantitative estimate of drug-likeness (QED) is 0.443. The summed E-state index contributed by atoms with van der Waals surface area (Å²) in [5.41, 5.74) is 1.26. The molecule has 0 saturated carbocycles. The number of amides is 1. The summed E-state index contributed by atoms with van der Waals surface area (Å²) < 4.78 is 34.0. The lowest BCUT2D eigenvalue weighted by molar-refractivity contribution is -0.117. The second-order valence-electron chi connectivity index (χ2n) is 6.89. The monoisotopic (exact) mass is 492 g/mol. The van der Waals surface area contributed by atoms with Gasteiger partial charge < -0.3 is 10.1 Å². The standard InChI is InChI=1S/C23H22Cl2N2O4S/c1-2-31-22-12-11-19(15-20(22)25)32(29,30)27-21(13-16-7-4-3-5-8-16)23(28)26-18-10-6-9-17(24)14-18/h3-12,14-15,21,27H,2,13H2,1H3,(H,26,28)/t21-/m1/s1. The van der Waals surface area contributed by atoms with E-state index in [0.29, 0.717) is 23.1 Å². The van der Waals surface area contributed by atoms with Crippen LogP contribution < -0.4 is 14.8 Å². The smallest absolute Gasteiger partial charge is 0.242 e. The Morgan fingerprint density at radius 3 is 2.41 bits per heavy atom. The molecule has 0 aliphatic heterocycles. The molecule has 0 saturated heterocycles. The van der Waals surface area contributed by atoms with E-state index < -0.39 is 22.0 Å². The molecule has 0 aromatic heterocycles. The lowest BCUT2D eigenvalue weighted by Crippen LogP contribution is -2.45. The van der Waals surface area contributed by atoms with Crippen molar-refractivity contribution in [1.29, 1.82) is 0 Å². The second kappa shape index (κ2) is 10.8. The lowest BCUT2D eigenvalue weighted by Gasteiger charge is -2.19. The minimum atomic E-state index is -4.06. The van der Waals surface area contributed by atoms with E-state index in [1.807, 2.05) is 30.3 Å². The first-order valence-corrected chi connectivity index (χ1v) is 12.1. The van der Waals surface area contributed by atoms with Crippen LogP contribution >= 0.6 is 23.2 Å². The lowest BCUT2D eigenvalue weighted by atomic mass is 10.1. The Labute approximate surface area is 197 Å². The van der Waals surface area contributed by atoms with Gasteiger partial charge in [0.2, 0.25) is 15.9 Å². The van der Waals surface area contributed by atoms with E-state index in [1.165, 1.54) is 18.2 Å². The summed E-state index contributed by atoms with van der Waals surface area (Å²) in [5.74, 6) is -0.135. The van der Waals surface area contributed by atoms with Gasteiger partial charge in [-0.3, -0.25) is 4.79 Å². The molecule has 0 fully saturated rings. The molecule has 0 spiro atoms. The number of ether oxygens (including phenoxy) is 1. The molecular weight excluding hydrogens is 471 g/mol. The fourth-order valence-electron chi connectivity index (χ4n) is 3.01. The molecule has 0 unspecified atom stereocenters. The maximum atomic E-state index is 13.1. The summed E-state index contributed by atoms with van der Waals surface area (Å²) in [4.78, 5) is 12.9. The molecule has 9 heteroatoms. The van der Waals surface area contributed by atoms with Gasteiger partial charge in [0.15, 0.2) is 0 Å². The van der Waals surface area contributed by atoms with Crippen molar-refractivity contribution in [3.05, 3.63) is 88.4 Å². The van der Waals surface area contributed by atoms with E-state index in [9.17, 15) is 13.2 Å². The Morgan fingerprint density at radius 2 is 1.75 bits per heavy atom. The van der Waals surface area contributed by atoms with E-state index in [-0.39, 0.29) is 16.3 Å². The van der Waals surface area contributed by atoms with Gasteiger partial charge in [-0.1, -0.05) is 59.6 Å². The molecule has 3 rings (SSSR count). The van der Waals surface area contributed by atoms with E-state index >= 15 is 0 Å². The minimum absolute atomic E-state index is 0.0698. The number of hydrogen-bond acceptors (Lipinski definition) is 4. The maximum absolute atomic E-state index is 13.1. The van der Waals surface area contributed by atoms with E-state index in [1.54, 1.807) is 31.2 Å². The van der Waals surface area contributed by atoms with Crippen molar-refractivity contribution < 1.29 is 17.9 Å². The Hall–Kier alpha value is -2.58. The van der Waals surface area contributed by atoms with Crippen LogP contribution in [0.15, 0.2) is 77.7 Å². The number of halogens is 2. The van der Waals surface area contributed by atoms with E-state index in [2.05, 4.69) is 10.0 Å². The van der Waals surface area contributed by atoms with Gasteiger partial charge in [0.25, 0.3) is 0 Å². The van der Waals surface area contributed by atoms with Gasteiger partial charge >= 0.3 is 0 Å². The van der Waals surface area contributed by atoms with Crippen molar-refractivity contribution in [1.82, 2.24) is 4.72 Å². The highest BCUT2D eigenvalue weighted by molar-refractivity contribution is 7.89. The molecule has 0 bridgehead atoms. The van der Waals surface area contributed by atoms with Crippen LogP contribution in [0.1, 0.15) is 12.5 Å². The van der Waals surface area contributed by atoms with Crippen molar-refractivity contribution in [2.45, 2.75) is 24.3 Å². The van der Waals surface area contributed by atoms with Crippen molar-refractivity contribution in [3.8, 4) is 5.75 Å². The Kier molecular flexibility index (Phi) is 8.15. The summed E-state index contributed by atoms with van der Waals surface area (Å²) in [6.07, 6.45) is 0.150. The first-order valence-electron chi connectivity index (χ1n) is 9.83. The zero-order valence-corrected chi connectivity index (χ0v) is 19.5. The SMILES string of the molecule is CCOc1ccc(S(=O)(=O)N[C@H](Cc2ccccc2)C(=O)Nc2cccc(Cl)c2)cc1Cl. The van der Waals surface area contributed by atoms with E-state index in [4.69, 9.17) is 27.9 Å². The number of benzene rings is 3. The summed E-state index contributed by atoms with van der Waals surface area (Å²) >= 11 is 12.1. The molecule has 0 heterocycles. The van der Waals surface area contributed by atoms with Crippen molar-refractivity contribution >= 4 is 44.8 Å². The van der Waals surface area contributed by atoms with Gasteiger partial charge in [0.05, 0.1) is 16.5 Å². The van der Waals surface area contributed by atoms with Gasteiger partial charge in [-0.05, 0) is 55.3 Å². The molecule has 3 aromatic carbocycles. The van der Waals surface area contributed by atoms with Gasteiger partial charge in [-0.2, -0.15) is 4.72 Å². The average molecular weight is 493 g/mol. The topological polar surface area (TPSA) is 84.5 Å². The predicted octanol–water partition coefficient (Wildman–Crippen LogP) is 4.92. The van der Waals surface area contributed by atoms with Gasteiger partial charge in [-0.25, -0.2) is 8.42 Å². The highest BCUT2D eigenvalue weighted by Gasteiger charge is 2.27. The van der Waals surface area contributed by atoms with Crippen LogP contribution in [0.25, 0.3) is 0 Å². The van der Waals surface area contributed by atoms with Crippen LogP contribution in [0.2, 0.25) is 10.0 Å². The predicted molar refractivity (Wildman–Crippen MR) is 127 cm³/mol. The zero-order valence-electron chi connectivity index (χ0n) is 17.2. The molecular formula is C23H22Cl2N2O4S. The fraction of sp³-hybridized carbons (Fsp3) is 0.174. The van der Waals surface area contributed by atoms with Crippen LogP contribution in [0.4, 0.5) is 5.69 Å². The molecule has 6 nitrogen and oxygen atoms in total. The Bertz CT molecular complexity index is 1190. The fourth-order valence-corrected chi connectivity index (χ4v) is 4.72. The summed E-state index contributed by atoms with van der Waals surface area (Å²) in [5, 5.41) is 3.33. The number of rotatable bonds is 9. The third-order valence-electron chi connectivity index (χ3n) is 4.50. The normalized spacial score (nSPS) is 12.2. The van der Waals surface area contributed by atoms with Crippen molar-refractivity contribution in [2.75, 3.05) is 11.9 Å². The Balaban J connectivity index is 1.87. The third-order valence-corrected chi connectivity index (χ3v) is 6.50. The van der Waals surface area contributed by atoms with Crippen molar-refractivity contribution in [2.24, 2.45) is 0 Å². The van der Waals surface area contributed by atoms with Gasteiger partial charge in [0, 0.05) is 10.7 Å². The van der Waals surface area contributed by atoms with Gasteiger partial charge in [0.1, 0.15) is 11.8 Å². The second-order valence-corrected chi connectivity index (χ2v) is 9.45. The molecule has 3 aromatic rings. The zero-order chi connectivity index (χ0) is 23.1. The van der Waals surface area contributed by atoms with Gasteiger partial charge in [-0.15, -0.1) is 0 Å². The molecule has 1 atom stereocenters. The molecule has 0 aliphatic rings. The first kappa shape index (κ1) is 24.1. The third kappa shape index (κ3) is 6.46. The highest BCUT2D eigenvalue weighted by Crippen LogP contribution is 2.27. The molecule has 0 aliphatic carbocycles. The first-order chi connectivity index (χ1) is 15.3. The number of carbonyl (C=O) groups excluding carboxylic acids is 1. The molecule has 32 heavy (non-hydrogen) atoms. The molecule has 2 N–H and O–H groups in total.